The highest BCUT2D eigenvalue weighted by Crippen LogP contribution is 2.36. The third kappa shape index (κ3) is 7.16. The Kier molecular flexibility index (Phi) is 8.42. The Morgan fingerprint density at radius 3 is 2.71 bits per heavy atom. The van der Waals surface area contributed by atoms with Crippen molar-refractivity contribution in [3.63, 3.8) is 0 Å². The minimum Gasteiger partial charge on any atom is -0.455 e. The second kappa shape index (κ2) is 11.7. The second-order valence-corrected chi connectivity index (χ2v) is 10.8. The molecule has 3 N–H and O–H groups in total. The quantitative estimate of drug-likeness (QED) is 0.231. The molecular formula is C24H23ClN6O5S2. The van der Waals surface area contributed by atoms with Crippen LogP contribution in [0.5, 0.6) is 11.5 Å². The van der Waals surface area contributed by atoms with Gasteiger partial charge in [-0.1, -0.05) is 17.7 Å². The van der Waals surface area contributed by atoms with E-state index < -0.39 is 10.1 Å². The highest BCUT2D eigenvalue weighted by atomic mass is 35.5. The number of benzene rings is 2. The number of carbonyl (C=O) groups is 1. The van der Waals surface area contributed by atoms with Crippen LogP contribution < -0.4 is 15.4 Å². The van der Waals surface area contributed by atoms with E-state index in [1.807, 2.05) is 47.2 Å². The van der Waals surface area contributed by atoms with Crippen molar-refractivity contribution in [3.05, 3.63) is 66.2 Å². The number of aromatic nitrogens is 4. The van der Waals surface area contributed by atoms with E-state index in [1.54, 1.807) is 12.3 Å². The molecule has 0 aliphatic heterocycles. The van der Waals surface area contributed by atoms with Crippen LogP contribution in [-0.2, 0) is 21.5 Å². The fraction of sp³-hybridized carbons (Fsp3) is 0.167. The van der Waals surface area contributed by atoms with Gasteiger partial charge < -0.3 is 19.9 Å². The third-order valence-corrected chi connectivity index (χ3v) is 6.11. The lowest BCUT2D eigenvalue weighted by Crippen LogP contribution is -2.24. The number of hydrogen-bond acceptors (Lipinski definition) is 9. The molecule has 0 aliphatic rings. The zero-order chi connectivity index (χ0) is 27.3. The zero-order valence-corrected chi connectivity index (χ0v) is 22.6. The number of fused-ring (bicyclic) bond motifs is 2. The molecule has 0 saturated carbocycles. The van der Waals surface area contributed by atoms with Crippen LogP contribution in [0.2, 0.25) is 5.02 Å². The maximum atomic E-state index is 11.2. The lowest BCUT2D eigenvalue weighted by Gasteiger charge is -2.13. The van der Waals surface area contributed by atoms with E-state index in [2.05, 4.69) is 25.0 Å². The number of anilines is 2. The van der Waals surface area contributed by atoms with Crippen molar-refractivity contribution in [2.24, 2.45) is 0 Å². The van der Waals surface area contributed by atoms with Crippen LogP contribution in [0.15, 0.2) is 61.2 Å². The summed E-state index contributed by atoms with van der Waals surface area (Å²) in [5.41, 5.74) is 2.41. The van der Waals surface area contributed by atoms with E-state index in [0.29, 0.717) is 41.7 Å². The summed E-state index contributed by atoms with van der Waals surface area (Å²) in [5.74, 6) is 1.84. The Bertz CT molecular complexity index is 1700. The van der Waals surface area contributed by atoms with E-state index >= 15 is 0 Å². The van der Waals surface area contributed by atoms with Gasteiger partial charge in [-0.3, -0.25) is 9.35 Å². The molecule has 2 aromatic carbocycles. The largest absolute Gasteiger partial charge is 0.455 e. The number of nitrogens with zero attached hydrogens (tertiary/aromatic N) is 4. The minimum absolute atomic E-state index is 0.0653. The number of halogens is 1. The summed E-state index contributed by atoms with van der Waals surface area (Å²) < 4.78 is 39.2. The molecule has 11 nitrogen and oxygen atoms in total. The van der Waals surface area contributed by atoms with E-state index in [-0.39, 0.29) is 5.91 Å². The van der Waals surface area contributed by atoms with Crippen molar-refractivity contribution in [1.82, 2.24) is 24.2 Å². The van der Waals surface area contributed by atoms with Gasteiger partial charge in [-0.2, -0.15) is 12.8 Å². The molecule has 5 rings (SSSR count). The Morgan fingerprint density at radius 1 is 1.18 bits per heavy atom. The van der Waals surface area contributed by atoms with Gasteiger partial charge in [0, 0.05) is 31.9 Å². The fourth-order valence-corrected chi connectivity index (χ4v) is 4.42. The van der Waals surface area contributed by atoms with Crippen molar-refractivity contribution in [2.75, 3.05) is 18.1 Å². The van der Waals surface area contributed by atoms with Crippen LogP contribution in [0.4, 0.5) is 11.5 Å². The molecule has 3 aromatic heterocycles. The highest BCUT2D eigenvalue weighted by Gasteiger charge is 2.12. The van der Waals surface area contributed by atoms with Crippen LogP contribution in [0.1, 0.15) is 6.92 Å². The molecule has 38 heavy (non-hydrogen) atoms. The van der Waals surface area contributed by atoms with E-state index in [9.17, 15) is 13.2 Å². The lowest BCUT2D eigenvalue weighted by atomic mass is 10.2. The molecule has 0 unspecified atom stereocenters. The fourth-order valence-electron chi connectivity index (χ4n) is 3.53. The molecule has 5 aromatic rings. The second-order valence-electron chi connectivity index (χ2n) is 8.05. The molecule has 0 spiro atoms. The van der Waals surface area contributed by atoms with Gasteiger partial charge in [-0.05, 0) is 47.9 Å². The normalized spacial score (nSPS) is 11.2. The molecule has 0 saturated heterocycles. The Labute approximate surface area is 227 Å². The zero-order valence-electron chi connectivity index (χ0n) is 20.3. The van der Waals surface area contributed by atoms with Crippen LogP contribution in [0, 0.1) is 0 Å². The lowest BCUT2D eigenvalue weighted by molar-refractivity contribution is -0.118. The molecule has 0 aliphatic carbocycles. The maximum Gasteiger partial charge on any atom is 0.261 e. The van der Waals surface area contributed by atoms with E-state index in [4.69, 9.17) is 20.9 Å². The summed E-state index contributed by atoms with van der Waals surface area (Å²) in [6.45, 7) is 2.61. The highest BCUT2D eigenvalue weighted by molar-refractivity contribution is 7.85. The predicted octanol–water partition coefficient (Wildman–Crippen LogP) is 4.87. The molecular weight excluding hydrogens is 552 g/mol. The van der Waals surface area contributed by atoms with Gasteiger partial charge in [0.05, 0.1) is 33.1 Å². The van der Waals surface area contributed by atoms with Gasteiger partial charge in [0.1, 0.15) is 23.3 Å². The van der Waals surface area contributed by atoms with Gasteiger partial charge in [0.2, 0.25) is 5.91 Å². The van der Waals surface area contributed by atoms with Gasteiger partial charge in [-0.15, -0.1) is 0 Å². The average Bonchev–Trinajstić information content (AvgIpc) is 3.48. The number of ether oxygens (including phenoxy) is 1. The summed E-state index contributed by atoms with van der Waals surface area (Å²) in [6, 6.07) is 13.2. The van der Waals surface area contributed by atoms with Crippen LogP contribution in [0.3, 0.4) is 0 Å². The van der Waals surface area contributed by atoms with E-state index in [1.165, 1.54) is 24.8 Å². The van der Waals surface area contributed by atoms with Crippen LogP contribution >= 0.6 is 23.1 Å². The Balaban J connectivity index is 0.000000617. The van der Waals surface area contributed by atoms with Crippen molar-refractivity contribution in [3.8, 4) is 11.5 Å². The number of amides is 1. The van der Waals surface area contributed by atoms with Gasteiger partial charge in [0.15, 0.2) is 5.82 Å². The van der Waals surface area contributed by atoms with Crippen molar-refractivity contribution in [1.29, 1.82) is 0 Å². The average molecular weight is 575 g/mol. The smallest absolute Gasteiger partial charge is 0.261 e. The van der Waals surface area contributed by atoms with Crippen LogP contribution in [-0.4, -0.2) is 50.6 Å². The summed E-state index contributed by atoms with van der Waals surface area (Å²) in [7, 11) is -3.67. The monoisotopic (exact) mass is 574 g/mol. The molecule has 14 heteroatoms. The third-order valence-electron chi connectivity index (χ3n) is 5.05. The minimum atomic E-state index is -3.67. The SMILES string of the molecule is CC(=O)NCCn1ccc2ncnc(Nc3ccc(Oc4cccc5sncc45)c(Cl)c3)c21.CS(=O)(=O)O. The summed E-state index contributed by atoms with van der Waals surface area (Å²) >= 11 is 7.96. The van der Waals surface area contributed by atoms with Gasteiger partial charge in [-0.25, -0.2) is 9.97 Å². The topological polar surface area (TPSA) is 148 Å². The first-order chi connectivity index (χ1) is 18.1. The standard InChI is InChI=1S/C23H19ClN6O2S.CH4O3S/c1-14(31)25-8-10-30-9-7-18-22(30)23(27-13-26-18)29-15-5-6-20(17(24)11-15)32-19-3-2-4-21-16(19)12-28-33-21;1-5(2,3)4/h2-7,9,11-13H,8,10H2,1H3,(H,25,31)(H,26,27,29);1H3,(H,2,3,4). The molecule has 198 valence electrons. The van der Waals surface area contributed by atoms with Crippen molar-refractivity contribution in [2.45, 2.75) is 13.5 Å². The van der Waals surface area contributed by atoms with Crippen LogP contribution in [0.25, 0.3) is 21.1 Å². The van der Waals surface area contributed by atoms with Gasteiger partial charge in [0.25, 0.3) is 10.1 Å². The summed E-state index contributed by atoms with van der Waals surface area (Å²) in [6.07, 6.45) is 5.95. The Morgan fingerprint density at radius 2 is 1.97 bits per heavy atom. The Hall–Kier alpha value is -3.78. The van der Waals surface area contributed by atoms with Crippen molar-refractivity contribution < 1.29 is 22.5 Å². The number of rotatable bonds is 7. The number of carbonyl (C=O) groups excluding carboxylic acids is 1. The first-order valence-electron chi connectivity index (χ1n) is 11.1. The van der Waals surface area contributed by atoms with Crippen molar-refractivity contribution >= 4 is 71.8 Å². The first-order valence-corrected chi connectivity index (χ1v) is 14.1. The molecule has 0 radical (unpaired) electrons. The molecule has 0 bridgehead atoms. The number of hydrogen-bond donors (Lipinski definition) is 3. The maximum absolute atomic E-state index is 11.2. The summed E-state index contributed by atoms with van der Waals surface area (Å²) in [5, 5.41) is 7.54. The van der Waals surface area contributed by atoms with E-state index in [0.717, 1.165) is 26.8 Å². The molecule has 1 amide bonds. The van der Waals surface area contributed by atoms with Gasteiger partial charge >= 0.3 is 0 Å². The molecule has 0 atom stereocenters. The number of nitrogens with one attached hydrogen (secondary N) is 2. The first kappa shape index (κ1) is 27.3. The molecule has 0 fully saturated rings. The predicted molar refractivity (Wildman–Crippen MR) is 148 cm³/mol. The summed E-state index contributed by atoms with van der Waals surface area (Å²) in [4.78, 5) is 19.9. The molecule has 3 heterocycles.